The predicted octanol–water partition coefficient (Wildman–Crippen LogP) is 4.88. The van der Waals surface area contributed by atoms with E-state index in [1.807, 2.05) is 6.07 Å². The lowest BCUT2D eigenvalue weighted by Gasteiger charge is -2.14. The maximum Gasteiger partial charge on any atom is 0.208 e. The summed E-state index contributed by atoms with van der Waals surface area (Å²) in [5.41, 5.74) is 0.531. The monoisotopic (exact) mass is 406 g/mol. The summed E-state index contributed by atoms with van der Waals surface area (Å²) in [4.78, 5) is 3.74. The van der Waals surface area contributed by atoms with Gasteiger partial charge >= 0.3 is 0 Å². The lowest BCUT2D eigenvalue weighted by molar-refractivity contribution is 0.595. The van der Waals surface area contributed by atoms with Gasteiger partial charge in [0, 0.05) is 22.7 Å². The topological polar surface area (TPSA) is 70.8 Å². The maximum atomic E-state index is 14.6. The van der Waals surface area contributed by atoms with Crippen LogP contribution in [0.1, 0.15) is 5.56 Å². The summed E-state index contributed by atoms with van der Waals surface area (Å²) < 4.78 is 55.4. The Kier molecular flexibility index (Phi) is 4.57. The van der Waals surface area contributed by atoms with E-state index in [2.05, 4.69) is 4.98 Å². The van der Waals surface area contributed by atoms with Gasteiger partial charge in [-0.2, -0.15) is 5.26 Å². The Hall–Kier alpha value is -3.63. The standard InChI is InChI=1S/C22H12F2N2O2S/c23-15-8-9-20-18(11-15)22(17-6-1-2-7-19(17)24)21(13-26-20)29(27,28)16-5-3-4-14(10-16)12-25/h1-11,13H. The van der Waals surface area contributed by atoms with Crippen molar-refractivity contribution in [2.75, 3.05) is 0 Å². The molecule has 142 valence electrons. The summed E-state index contributed by atoms with van der Waals surface area (Å²) in [6.07, 6.45) is 1.14. The molecule has 0 saturated heterocycles. The van der Waals surface area contributed by atoms with Crippen molar-refractivity contribution in [3.05, 3.63) is 90.1 Å². The van der Waals surface area contributed by atoms with Crippen molar-refractivity contribution in [2.24, 2.45) is 0 Å². The Bertz CT molecular complexity index is 1410. The zero-order valence-electron chi connectivity index (χ0n) is 14.8. The molecule has 0 saturated carbocycles. The Balaban J connectivity index is 2.11. The van der Waals surface area contributed by atoms with Crippen LogP contribution >= 0.6 is 0 Å². The summed E-state index contributed by atoms with van der Waals surface area (Å²) in [7, 11) is -4.17. The molecule has 4 aromatic rings. The smallest absolute Gasteiger partial charge is 0.208 e. The van der Waals surface area contributed by atoms with Crippen LogP contribution in [0.15, 0.2) is 82.7 Å². The number of benzene rings is 3. The highest BCUT2D eigenvalue weighted by atomic mass is 32.2. The summed E-state index contributed by atoms with van der Waals surface area (Å²) in [6, 6.07) is 16.8. The molecule has 0 aliphatic rings. The zero-order valence-corrected chi connectivity index (χ0v) is 15.6. The minimum atomic E-state index is -4.17. The highest BCUT2D eigenvalue weighted by Gasteiger charge is 2.26. The van der Waals surface area contributed by atoms with Crippen LogP contribution in [0.3, 0.4) is 0 Å². The van der Waals surface area contributed by atoms with E-state index >= 15 is 0 Å². The molecule has 3 aromatic carbocycles. The normalized spacial score (nSPS) is 11.3. The lowest BCUT2D eigenvalue weighted by atomic mass is 10.0. The highest BCUT2D eigenvalue weighted by Crippen LogP contribution is 2.37. The molecule has 0 aliphatic carbocycles. The van der Waals surface area contributed by atoms with E-state index in [1.165, 1.54) is 54.6 Å². The number of nitriles is 1. The second-order valence-electron chi connectivity index (χ2n) is 6.28. The predicted molar refractivity (Wildman–Crippen MR) is 104 cm³/mol. The third kappa shape index (κ3) is 3.24. The molecule has 0 radical (unpaired) electrons. The van der Waals surface area contributed by atoms with E-state index in [0.717, 1.165) is 12.3 Å². The first-order chi connectivity index (χ1) is 13.9. The first kappa shape index (κ1) is 18.7. The summed E-state index contributed by atoms with van der Waals surface area (Å²) >= 11 is 0. The van der Waals surface area contributed by atoms with Crippen molar-refractivity contribution in [2.45, 2.75) is 9.79 Å². The molecule has 4 nitrogen and oxygen atoms in total. The van der Waals surface area contributed by atoms with Gasteiger partial charge in [-0.05, 0) is 42.5 Å². The molecular formula is C22H12F2N2O2S. The van der Waals surface area contributed by atoms with Gasteiger partial charge in [0.25, 0.3) is 0 Å². The molecule has 0 fully saturated rings. The first-order valence-electron chi connectivity index (χ1n) is 8.50. The van der Waals surface area contributed by atoms with Gasteiger partial charge in [-0.25, -0.2) is 17.2 Å². The molecule has 1 heterocycles. The van der Waals surface area contributed by atoms with Gasteiger partial charge in [-0.15, -0.1) is 0 Å². The van der Waals surface area contributed by atoms with E-state index in [1.54, 1.807) is 6.07 Å². The minimum Gasteiger partial charge on any atom is -0.255 e. The molecule has 7 heteroatoms. The Labute approximate surface area is 165 Å². The SMILES string of the molecule is N#Cc1cccc(S(=O)(=O)c2cnc3ccc(F)cc3c2-c2ccccc2F)c1. The Morgan fingerprint density at radius 3 is 2.48 bits per heavy atom. The number of aromatic nitrogens is 1. The molecule has 0 aliphatic heterocycles. The summed E-state index contributed by atoms with van der Waals surface area (Å²) in [5, 5.41) is 9.26. The van der Waals surface area contributed by atoms with Crippen LogP contribution in [0.25, 0.3) is 22.0 Å². The average Bonchev–Trinajstić information content (AvgIpc) is 2.73. The van der Waals surface area contributed by atoms with E-state index in [9.17, 15) is 17.2 Å². The number of fused-ring (bicyclic) bond motifs is 1. The van der Waals surface area contributed by atoms with Gasteiger partial charge < -0.3 is 0 Å². The van der Waals surface area contributed by atoms with Crippen LogP contribution in [0.5, 0.6) is 0 Å². The molecular weight excluding hydrogens is 394 g/mol. The number of sulfone groups is 1. The molecule has 0 unspecified atom stereocenters. The molecule has 0 spiro atoms. The van der Waals surface area contributed by atoms with Crippen LogP contribution in [0.2, 0.25) is 0 Å². The van der Waals surface area contributed by atoms with Crippen LogP contribution < -0.4 is 0 Å². The molecule has 4 rings (SSSR count). The van der Waals surface area contributed by atoms with Crippen LogP contribution in [0, 0.1) is 23.0 Å². The molecule has 0 bridgehead atoms. The number of rotatable bonds is 3. The van der Waals surface area contributed by atoms with E-state index in [0.29, 0.717) is 5.52 Å². The third-order valence-electron chi connectivity index (χ3n) is 4.50. The fourth-order valence-corrected chi connectivity index (χ4v) is 4.63. The van der Waals surface area contributed by atoms with Gasteiger partial charge in [0.05, 0.1) is 26.9 Å². The number of halogens is 2. The number of pyridine rings is 1. The quantitative estimate of drug-likeness (QED) is 0.486. The summed E-state index contributed by atoms with van der Waals surface area (Å²) in [6.45, 7) is 0. The minimum absolute atomic E-state index is 0.0144. The average molecular weight is 406 g/mol. The van der Waals surface area contributed by atoms with Gasteiger partial charge in [-0.3, -0.25) is 4.98 Å². The molecule has 0 amide bonds. The second-order valence-corrected chi connectivity index (χ2v) is 8.20. The van der Waals surface area contributed by atoms with Crippen LogP contribution in [-0.2, 0) is 9.84 Å². The molecule has 29 heavy (non-hydrogen) atoms. The van der Waals surface area contributed by atoms with Crippen LogP contribution in [-0.4, -0.2) is 13.4 Å². The van der Waals surface area contributed by atoms with E-state index in [4.69, 9.17) is 5.26 Å². The Morgan fingerprint density at radius 1 is 0.931 bits per heavy atom. The first-order valence-corrected chi connectivity index (χ1v) is 9.98. The molecule has 0 atom stereocenters. The van der Waals surface area contributed by atoms with E-state index < -0.39 is 21.5 Å². The largest absolute Gasteiger partial charge is 0.255 e. The van der Waals surface area contributed by atoms with Crippen molar-refractivity contribution in [1.82, 2.24) is 4.98 Å². The van der Waals surface area contributed by atoms with Crippen molar-refractivity contribution in [3.63, 3.8) is 0 Å². The van der Waals surface area contributed by atoms with Gasteiger partial charge in [0.1, 0.15) is 11.6 Å². The number of nitrogens with zero attached hydrogens (tertiary/aromatic N) is 2. The van der Waals surface area contributed by atoms with Gasteiger partial charge in [0.15, 0.2) is 0 Å². The highest BCUT2D eigenvalue weighted by molar-refractivity contribution is 7.91. The van der Waals surface area contributed by atoms with Crippen molar-refractivity contribution < 1.29 is 17.2 Å². The van der Waals surface area contributed by atoms with Crippen molar-refractivity contribution in [1.29, 1.82) is 5.26 Å². The zero-order chi connectivity index (χ0) is 20.6. The molecule has 0 N–H and O–H groups in total. The van der Waals surface area contributed by atoms with Gasteiger partial charge in [-0.1, -0.05) is 24.3 Å². The fraction of sp³-hybridized carbons (Fsp3) is 0. The summed E-state index contributed by atoms with van der Waals surface area (Å²) in [5.74, 6) is -1.25. The van der Waals surface area contributed by atoms with Crippen LogP contribution in [0.4, 0.5) is 8.78 Å². The lowest BCUT2D eigenvalue weighted by Crippen LogP contribution is -2.06. The fourth-order valence-electron chi connectivity index (χ4n) is 3.15. The van der Waals surface area contributed by atoms with Crippen molar-refractivity contribution >= 4 is 20.7 Å². The number of hydrogen-bond donors (Lipinski definition) is 0. The molecule has 1 aromatic heterocycles. The maximum absolute atomic E-state index is 14.6. The van der Waals surface area contributed by atoms with E-state index in [-0.39, 0.29) is 31.9 Å². The third-order valence-corrected chi connectivity index (χ3v) is 6.26. The Morgan fingerprint density at radius 2 is 1.72 bits per heavy atom. The second kappa shape index (κ2) is 7.08. The van der Waals surface area contributed by atoms with Crippen molar-refractivity contribution in [3.8, 4) is 17.2 Å². The van der Waals surface area contributed by atoms with Gasteiger partial charge in [0.2, 0.25) is 9.84 Å². The number of hydrogen-bond acceptors (Lipinski definition) is 4.